The largest absolute Gasteiger partial charge is 0.496 e. The van der Waals surface area contributed by atoms with Crippen LogP contribution in [0.25, 0.3) is 11.1 Å². The highest BCUT2D eigenvalue weighted by molar-refractivity contribution is 6.08. The summed E-state index contributed by atoms with van der Waals surface area (Å²) >= 11 is 0. The van der Waals surface area contributed by atoms with E-state index in [0.717, 1.165) is 0 Å². The fourth-order valence-corrected chi connectivity index (χ4v) is 2.25. The highest BCUT2D eigenvalue weighted by atomic mass is 16.5. The van der Waals surface area contributed by atoms with Gasteiger partial charge in [0.15, 0.2) is 0 Å². The third-order valence-electron chi connectivity index (χ3n) is 3.26. The highest BCUT2D eigenvalue weighted by Crippen LogP contribution is 2.34. The number of rotatable bonds is 4. The number of hydrogen-bond donors (Lipinski definition) is 0. The van der Waals surface area contributed by atoms with E-state index in [4.69, 9.17) is 14.2 Å². The average molecular weight is 300 g/mol. The summed E-state index contributed by atoms with van der Waals surface area (Å²) in [6.45, 7) is 0. The highest BCUT2D eigenvalue weighted by Gasteiger charge is 2.24. The van der Waals surface area contributed by atoms with Gasteiger partial charge in [0.1, 0.15) is 5.75 Å². The summed E-state index contributed by atoms with van der Waals surface area (Å²) in [5, 5.41) is 0. The smallest absolute Gasteiger partial charge is 0.339 e. The predicted molar refractivity (Wildman–Crippen MR) is 81.1 cm³/mol. The molecule has 0 bridgehead atoms. The topological polar surface area (TPSA) is 61.8 Å². The number of hydrogen-bond acceptors (Lipinski definition) is 5. The lowest BCUT2D eigenvalue weighted by atomic mass is 9.94. The fourth-order valence-electron chi connectivity index (χ4n) is 2.25. The van der Waals surface area contributed by atoms with Gasteiger partial charge < -0.3 is 14.2 Å². The summed E-state index contributed by atoms with van der Waals surface area (Å²) in [7, 11) is 4.07. The summed E-state index contributed by atoms with van der Waals surface area (Å²) in [5.41, 5.74) is 1.54. The molecule has 0 heterocycles. The first-order chi connectivity index (χ1) is 10.6. The molecule has 0 saturated heterocycles. The van der Waals surface area contributed by atoms with Gasteiger partial charge in [-0.15, -0.1) is 0 Å². The van der Waals surface area contributed by atoms with Gasteiger partial charge in [-0.2, -0.15) is 0 Å². The monoisotopic (exact) mass is 300 g/mol. The Morgan fingerprint density at radius 1 is 0.773 bits per heavy atom. The first kappa shape index (κ1) is 15.6. The van der Waals surface area contributed by atoms with Gasteiger partial charge in [-0.05, 0) is 12.1 Å². The second kappa shape index (κ2) is 6.76. The number of carbonyl (C=O) groups excluding carboxylic acids is 2. The normalized spacial score (nSPS) is 9.95. The Morgan fingerprint density at radius 3 is 2.05 bits per heavy atom. The second-order valence-electron chi connectivity index (χ2n) is 4.41. The van der Waals surface area contributed by atoms with Crippen molar-refractivity contribution < 1.29 is 23.8 Å². The molecular formula is C17H16O5. The van der Waals surface area contributed by atoms with Crippen molar-refractivity contribution in [2.75, 3.05) is 21.3 Å². The molecule has 2 aromatic carbocycles. The van der Waals surface area contributed by atoms with E-state index in [1.165, 1.54) is 20.3 Å². The molecule has 5 nitrogen and oxygen atoms in total. The van der Waals surface area contributed by atoms with E-state index < -0.39 is 11.9 Å². The van der Waals surface area contributed by atoms with Crippen LogP contribution < -0.4 is 4.74 Å². The molecule has 2 rings (SSSR count). The van der Waals surface area contributed by atoms with E-state index in [-0.39, 0.29) is 11.1 Å². The molecule has 5 heteroatoms. The van der Waals surface area contributed by atoms with Crippen LogP contribution in [0.4, 0.5) is 0 Å². The summed E-state index contributed by atoms with van der Waals surface area (Å²) in [5.74, 6) is -0.617. The molecule has 0 radical (unpaired) electrons. The lowest BCUT2D eigenvalue weighted by molar-refractivity contribution is 0.0556. The van der Waals surface area contributed by atoms with E-state index in [1.54, 1.807) is 25.3 Å². The third kappa shape index (κ3) is 2.79. The van der Waals surface area contributed by atoms with Gasteiger partial charge in [-0.25, -0.2) is 9.59 Å². The summed E-state index contributed by atoms with van der Waals surface area (Å²) in [4.78, 5) is 24.1. The van der Waals surface area contributed by atoms with Crippen LogP contribution in [-0.4, -0.2) is 33.3 Å². The molecule has 0 atom stereocenters. The maximum atomic E-state index is 12.2. The quantitative estimate of drug-likeness (QED) is 0.812. The van der Waals surface area contributed by atoms with Crippen LogP contribution in [0, 0.1) is 0 Å². The Hall–Kier alpha value is -2.82. The Bertz CT molecular complexity index is 706. The average Bonchev–Trinajstić information content (AvgIpc) is 2.59. The Balaban J connectivity index is 2.75. The van der Waals surface area contributed by atoms with E-state index >= 15 is 0 Å². The Kier molecular flexibility index (Phi) is 4.78. The summed E-state index contributed by atoms with van der Waals surface area (Å²) < 4.78 is 14.9. The minimum Gasteiger partial charge on any atom is -0.496 e. The van der Waals surface area contributed by atoms with E-state index in [2.05, 4.69) is 0 Å². The molecule has 0 spiro atoms. The molecule has 0 fully saturated rings. The summed E-state index contributed by atoms with van der Waals surface area (Å²) in [6, 6.07) is 12.2. The molecule has 0 aromatic heterocycles. The number of benzene rings is 2. The molecule has 22 heavy (non-hydrogen) atoms. The van der Waals surface area contributed by atoms with Crippen LogP contribution in [0.3, 0.4) is 0 Å². The second-order valence-corrected chi connectivity index (χ2v) is 4.41. The SMILES string of the molecule is COC(=O)c1cccc(-c2ccccc2OC)c1C(=O)OC. The third-order valence-corrected chi connectivity index (χ3v) is 3.26. The fraction of sp³-hybridized carbons (Fsp3) is 0.176. The minimum atomic E-state index is -0.609. The van der Waals surface area contributed by atoms with Crippen molar-refractivity contribution in [2.24, 2.45) is 0 Å². The molecule has 0 aliphatic rings. The molecule has 2 aromatic rings. The molecule has 0 unspecified atom stereocenters. The lowest BCUT2D eigenvalue weighted by Crippen LogP contribution is -2.13. The number of ether oxygens (including phenoxy) is 3. The van der Waals surface area contributed by atoms with Gasteiger partial charge in [0.05, 0.1) is 32.5 Å². The maximum Gasteiger partial charge on any atom is 0.339 e. The van der Waals surface area contributed by atoms with Crippen molar-refractivity contribution in [2.45, 2.75) is 0 Å². The van der Waals surface area contributed by atoms with Crippen molar-refractivity contribution in [3.05, 3.63) is 53.6 Å². The molecule has 114 valence electrons. The standard InChI is InChI=1S/C17H16O5/c1-20-14-10-5-4-7-11(14)12-8-6-9-13(16(18)21-2)15(12)17(19)22-3/h4-10H,1-3H3. The molecule has 0 amide bonds. The zero-order valence-corrected chi connectivity index (χ0v) is 12.6. The van der Waals surface area contributed by atoms with Gasteiger partial charge in [0.2, 0.25) is 0 Å². The number of para-hydroxylation sites is 1. The maximum absolute atomic E-state index is 12.2. The van der Waals surface area contributed by atoms with Crippen LogP contribution >= 0.6 is 0 Å². The van der Waals surface area contributed by atoms with E-state index in [0.29, 0.717) is 16.9 Å². The number of carbonyl (C=O) groups is 2. The van der Waals surface area contributed by atoms with E-state index in [1.807, 2.05) is 18.2 Å². The molecule has 0 saturated carbocycles. The van der Waals surface area contributed by atoms with Crippen LogP contribution in [0.15, 0.2) is 42.5 Å². The van der Waals surface area contributed by atoms with Gasteiger partial charge in [-0.1, -0.05) is 30.3 Å². The zero-order valence-electron chi connectivity index (χ0n) is 12.6. The van der Waals surface area contributed by atoms with Gasteiger partial charge >= 0.3 is 11.9 Å². The molecule has 0 aliphatic heterocycles. The molecular weight excluding hydrogens is 284 g/mol. The van der Waals surface area contributed by atoms with Crippen LogP contribution in [0.1, 0.15) is 20.7 Å². The van der Waals surface area contributed by atoms with Crippen LogP contribution in [-0.2, 0) is 9.47 Å². The summed E-state index contributed by atoms with van der Waals surface area (Å²) in [6.07, 6.45) is 0. The van der Waals surface area contributed by atoms with Crippen molar-refractivity contribution in [1.82, 2.24) is 0 Å². The first-order valence-electron chi connectivity index (χ1n) is 6.57. The lowest BCUT2D eigenvalue weighted by Gasteiger charge is -2.14. The van der Waals surface area contributed by atoms with Crippen molar-refractivity contribution in [3.8, 4) is 16.9 Å². The van der Waals surface area contributed by atoms with Gasteiger partial charge in [-0.3, -0.25) is 0 Å². The molecule has 0 aliphatic carbocycles. The Morgan fingerprint density at radius 2 is 1.41 bits per heavy atom. The Labute approximate surface area is 128 Å². The number of methoxy groups -OCH3 is 3. The van der Waals surface area contributed by atoms with Crippen molar-refractivity contribution in [3.63, 3.8) is 0 Å². The van der Waals surface area contributed by atoms with Gasteiger partial charge in [0, 0.05) is 11.1 Å². The molecule has 0 N–H and O–H groups in total. The van der Waals surface area contributed by atoms with Crippen LogP contribution in [0.5, 0.6) is 5.75 Å². The number of esters is 2. The minimum absolute atomic E-state index is 0.151. The van der Waals surface area contributed by atoms with Crippen molar-refractivity contribution in [1.29, 1.82) is 0 Å². The predicted octanol–water partition coefficient (Wildman–Crippen LogP) is 2.94. The van der Waals surface area contributed by atoms with E-state index in [9.17, 15) is 9.59 Å². The first-order valence-corrected chi connectivity index (χ1v) is 6.57. The van der Waals surface area contributed by atoms with Gasteiger partial charge in [0.25, 0.3) is 0 Å². The van der Waals surface area contributed by atoms with Crippen LogP contribution in [0.2, 0.25) is 0 Å². The van der Waals surface area contributed by atoms with Crippen molar-refractivity contribution >= 4 is 11.9 Å². The zero-order chi connectivity index (χ0) is 16.1.